The van der Waals surface area contributed by atoms with E-state index in [1.54, 1.807) is 24.3 Å². The molecule has 5 nitrogen and oxygen atoms in total. The van der Waals surface area contributed by atoms with Gasteiger partial charge in [-0.25, -0.2) is 8.42 Å². The minimum atomic E-state index is -3.58. The van der Waals surface area contributed by atoms with Crippen LogP contribution in [-0.4, -0.2) is 34.7 Å². The molecule has 0 spiro atoms. The van der Waals surface area contributed by atoms with Crippen LogP contribution in [0, 0.1) is 6.92 Å². The lowest BCUT2D eigenvalue weighted by Crippen LogP contribution is -2.36. The Hall–Kier alpha value is -2.05. The number of nitrogens with zero attached hydrogens (tertiary/aromatic N) is 1. The summed E-state index contributed by atoms with van der Waals surface area (Å²) in [4.78, 5) is 2.46. The highest BCUT2D eigenvalue weighted by molar-refractivity contribution is 7.92. The molecule has 0 aromatic heterocycles. The van der Waals surface area contributed by atoms with Crippen molar-refractivity contribution in [1.29, 1.82) is 0 Å². The second kappa shape index (κ2) is 6.60. The quantitative estimate of drug-likeness (QED) is 0.935. The van der Waals surface area contributed by atoms with Crippen molar-refractivity contribution >= 4 is 21.4 Å². The van der Waals surface area contributed by atoms with E-state index in [1.165, 1.54) is 0 Å². The smallest absolute Gasteiger partial charge is 0.261 e. The molecule has 2 aromatic carbocycles. The Kier molecular flexibility index (Phi) is 4.54. The van der Waals surface area contributed by atoms with Gasteiger partial charge in [0.1, 0.15) is 0 Å². The van der Waals surface area contributed by atoms with E-state index in [-0.39, 0.29) is 4.90 Å². The monoisotopic (exact) mass is 332 g/mol. The first-order valence-corrected chi connectivity index (χ1v) is 9.05. The number of nitrogens with one attached hydrogen (secondary N) is 1. The second-order valence-electron chi connectivity index (χ2n) is 5.57. The van der Waals surface area contributed by atoms with Crippen LogP contribution < -0.4 is 9.62 Å². The lowest BCUT2D eigenvalue weighted by atomic mass is 10.2. The van der Waals surface area contributed by atoms with Gasteiger partial charge < -0.3 is 9.64 Å². The van der Waals surface area contributed by atoms with Gasteiger partial charge in [0.2, 0.25) is 0 Å². The van der Waals surface area contributed by atoms with Crippen molar-refractivity contribution in [1.82, 2.24) is 0 Å². The topological polar surface area (TPSA) is 58.6 Å². The molecular weight excluding hydrogens is 312 g/mol. The molecule has 0 aliphatic carbocycles. The molecular formula is C17H20N2O3S. The summed E-state index contributed by atoms with van der Waals surface area (Å²) in [6.45, 7) is 4.89. The van der Waals surface area contributed by atoms with Gasteiger partial charge in [0, 0.05) is 18.8 Å². The van der Waals surface area contributed by atoms with Crippen LogP contribution in [0.3, 0.4) is 0 Å². The number of ether oxygens (including phenoxy) is 1. The number of anilines is 2. The lowest BCUT2D eigenvalue weighted by Gasteiger charge is -2.29. The third kappa shape index (κ3) is 3.83. The van der Waals surface area contributed by atoms with Crippen molar-refractivity contribution in [2.45, 2.75) is 11.8 Å². The molecule has 1 saturated heterocycles. The van der Waals surface area contributed by atoms with Crippen molar-refractivity contribution in [3.05, 3.63) is 54.1 Å². The van der Waals surface area contributed by atoms with E-state index in [2.05, 4.69) is 9.62 Å². The zero-order chi connectivity index (χ0) is 16.3. The Balaban J connectivity index is 1.82. The van der Waals surface area contributed by atoms with E-state index < -0.39 is 10.0 Å². The average Bonchev–Trinajstić information content (AvgIpc) is 2.55. The first kappa shape index (κ1) is 15.8. The molecule has 6 heteroatoms. The number of morpholine rings is 1. The standard InChI is InChI=1S/C17H20N2O3S/c1-14-4-2-7-17(12-14)23(20,21)18-15-5-3-6-16(13-15)19-8-10-22-11-9-19/h2-7,12-13,18H,8-11H2,1H3. The molecule has 1 fully saturated rings. The van der Waals surface area contributed by atoms with E-state index in [0.717, 1.165) is 24.3 Å². The number of benzene rings is 2. The SMILES string of the molecule is Cc1cccc(S(=O)(=O)Nc2cccc(N3CCOCC3)c2)c1. The summed E-state index contributed by atoms with van der Waals surface area (Å²) in [6.07, 6.45) is 0. The zero-order valence-corrected chi connectivity index (χ0v) is 13.8. The molecule has 0 amide bonds. The van der Waals surface area contributed by atoms with Crippen molar-refractivity contribution in [2.75, 3.05) is 35.9 Å². The molecule has 1 heterocycles. The van der Waals surface area contributed by atoms with Crippen LogP contribution in [0.2, 0.25) is 0 Å². The summed E-state index contributed by atoms with van der Waals surface area (Å²) in [5.41, 5.74) is 2.48. The fraction of sp³-hybridized carbons (Fsp3) is 0.294. The Morgan fingerprint density at radius 3 is 2.52 bits per heavy atom. The zero-order valence-electron chi connectivity index (χ0n) is 13.0. The number of rotatable bonds is 4. The summed E-state index contributed by atoms with van der Waals surface area (Å²) in [5.74, 6) is 0. The highest BCUT2D eigenvalue weighted by Gasteiger charge is 2.16. The van der Waals surface area contributed by atoms with Gasteiger partial charge in [0.15, 0.2) is 0 Å². The van der Waals surface area contributed by atoms with Crippen molar-refractivity contribution in [3.8, 4) is 0 Å². The van der Waals surface area contributed by atoms with Crippen LogP contribution in [0.15, 0.2) is 53.4 Å². The number of hydrogen-bond acceptors (Lipinski definition) is 4. The molecule has 1 aliphatic rings. The summed E-state index contributed by atoms with van der Waals surface area (Å²) >= 11 is 0. The molecule has 0 atom stereocenters. The van der Waals surface area contributed by atoms with E-state index >= 15 is 0 Å². The van der Waals surface area contributed by atoms with Crippen LogP contribution in [0.1, 0.15) is 5.56 Å². The fourth-order valence-corrected chi connectivity index (χ4v) is 3.74. The third-order valence-corrected chi connectivity index (χ3v) is 5.15. The Labute approximate surface area is 136 Å². The van der Waals surface area contributed by atoms with E-state index in [9.17, 15) is 8.42 Å². The highest BCUT2D eigenvalue weighted by atomic mass is 32.2. The van der Waals surface area contributed by atoms with Crippen molar-refractivity contribution < 1.29 is 13.2 Å². The molecule has 1 aliphatic heterocycles. The van der Waals surface area contributed by atoms with Gasteiger partial charge in [-0.15, -0.1) is 0 Å². The second-order valence-corrected chi connectivity index (χ2v) is 7.25. The van der Waals surface area contributed by atoms with Gasteiger partial charge in [0.25, 0.3) is 10.0 Å². The molecule has 0 unspecified atom stereocenters. The minimum Gasteiger partial charge on any atom is -0.378 e. The van der Waals surface area contributed by atoms with Crippen molar-refractivity contribution in [3.63, 3.8) is 0 Å². The Bertz CT molecular complexity index is 784. The van der Waals surface area contributed by atoms with E-state index in [4.69, 9.17) is 4.74 Å². The first-order valence-electron chi connectivity index (χ1n) is 7.57. The number of sulfonamides is 1. The van der Waals surface area contributed by atoms with Gasteiger partial charge in [-0.05, 0) is 42.8 Å². The summed E-state index contributed by atoms with van der Waals surface area (Å²) in [6, 6.07) is 14.3. The van der Waals surface area contributed by atoms with Gasteiger partial charge in [-0.3, -0.25) is 4.72 Å². The maximum Gasteiger partial charge on any atom is 0.261 e. The molecule has 1 N–H and O–H groups in total. The number of aryl methyl sites for hydroxylation is 1. The summed E-state index contributed by atoms with van der Waals surface area (Å²) in [5, 5.41) is 0. The molecule has 0 bridgehead atoms. The van der Waals surface area contributed by atoms with Gasteiger partial charge in [-0.1, -0.05) is 18.2 Å². The summed E-state index contributed by atoms with van der Waals surface area (Å²) in [7, 11) is -3.58. The molecule has 0 saturated carbocycles. The molecule has 2 aromatic rings. The Morgan fingerprint density at radius 1 is 1.04 bits per heavy atom. The third-order valence-electron chi connectivity index (χ3n) is 3.77. The highest BCUT2D eigenvalue weighted by Crippen LogP contribution is 2.23. The lowest BCUT2D eigenvalue weighted by molar-refractivity contribution is 0.122. The summed E-state index contributed by atoms with van der Waals surface area (Å²) < 4.78 is 33.0. The van der Waals surface area contributed by atoms with E-state index in [1.807, 2.05) is 31.2 Å². The van der Waals surface area contributed by atoms with Gasteiger partial charge in [-0.2, -0.15) is 0 Å². The van der Waals surface area contributed by atoms with Crippen LogP contribution in [-0.2, 0) is 14.8 Å². The maximum absolute atomic E-state index is 12.5. The predicted octanol–water partition coefficient (Wildman–Crippen LogP) is 2.63. The van der Waals surface area contributed by atoms with Crippen LogP contribution >= 0.6 is 0 Å². The predicted molar refractivity (Wildman–Crippen MR) is 91.5 cm³/mol. The van der Waals surface area contributed by atoms with Crippen LogP contribution in [0.5, 0.6) is 0 Å². The van der Waals surface area contributed by atoms with Gasteiger partial charge in [0.05, 0.1) is 23.8 Å². The fourth-order valence-electron chi connectivity index (χ4n) is 2.58. The van der Waals surface area contributed by atoms with Crippen LogP contribution in [0.4, 0.5) is 11.4 Å². The number of hydrogen-bond donors (Lipinski definition) is 1. The minimum absolute atomic E-state index is 0.272. The molecule has 23 heavy (non-hydrogen) atoms. The average molecular weight is 332 g/mol. The molecule has 122 valence electrons. The molecule has 0 radical (unpaired) electrons. The first-order chi connectivity index (χ1) is 11.0. The largest absolute Gasteiger partial charge is 0.378 e. The Morgan fingerprint density at radius 2 is 1.78 bits per heavy atom. The van der Waals surface area contributed by atoms with Crippen LogP contribution in [0.25, 0.3) is 0 Å². The van der Waals surface area contributed by atoms with Gasteiger partial charge >= 0.3 is 0 Å². The van der Waals surface area contributed by atoms with Crippen molar-refractivity contribution in [2.24, 2.45) is 0 Å². The van der Waals surface area contributed by atoms with E-state index in [0.29, 0.717) is 18.9 Å². The maximum atomic E-state index is 12.5. The molecule has 3 rings (SSSR count). The normalized spacial score (nSPS) is 15.4.